The number of thiophene rings is 1. The first-order valence-electron chi connectivity index (χ1n) is 8.27. The standard InChI is InChI=1S/C18H21N5OS/c1-3-19-13(2)12-20-18(24)16-21-17(15-10-7-11-25-15)23(22-16)14-8-5-4-6-9-14/h4-11,13,19H,3,12H2,1-2H3,(H,20,24)/t13-/m1/s1. The monoisotopic (exact) mass is 355 g/mol. The predicted octanol–water partition coefficient (Wildman–Crippen LogP) is 2.72. The molecule has 1 atom stereocenters. The van der Waals surface area contributed by atoms with Crippen molar-refractivity contribution in [1.82, 2.24) is 25.4 Å². The summed E-state index contributed by atoms with van der Waals surface area (Å²) in [5, 5.41) is 12.6. The maximum absolute atomic E-state index is 12.4. The zero-order valence-corrected chi connectivity index (χ0v) is 15.1. The molecule has 0 unspecified atom stereocenters. The number of nitrogens with one attached hydrogen (secondary N) is 2. The van der Waals surface area contributed by atoms with Gasteiger partial charge in [-0.15, -0.1) is 16.4 Å². The van der Waals surface area contributed by atoms with Gasteiger partial charge in [0.2, 0.25) is 5.82 Å². The lowest BCUT2D eigenvalue weighted by Crippen LogP contribution is -2.39. The number of rotatable bonds is 7. The Labute approximate surface area is 150 Å². The first-order valence-corrected chi connectivity index (χ1v) is 9.15. The third-order valence-electron chi connectivity index (χ3n) is 3.67. The number of amides is 1. The first kappa shape index (κ1) is 17.3. The molecule has 0 bridgehead atoms. The quantitative estimate of drug-likeness (QED) is 0.684. The van der Waals surface area contributed by atoms with Gasteiger partial charge < -0.3 is 10.6 Å². The van der Waals surface area contributed by atoms with Gasteiger partial charge in [-0.3, -0.25) is 4.79 Å². The Hall–Kier alpha value is -2.51. The van der Waals surface area contributed by atoms with E-state index in [1.54, 1.807) is 16.0 Å². The number of carbonyl (C=O) groups excluding carboxylic acids is 1. The molecule has 25 heavy (non-hydrogen) atoms. The lowest BCUT2D eigenvalue weighted by atomic mass is 10.3. The van der Waals surface area contributed by atoms with Gasteiger partial charge in [-0.05, 0) is 37.0 Å². The lowest BCUT2D eigenvalue weighted by Gasteiger charge is -2.11. The van der Waals surface area contributed by atoms with E-state index in [0.29, 0.717) is 12.4 Å². The van der Waals surface area contributed by atoms with Gasteiger partial charge in [0, 0.05) is 12.6 Å². The molecule has 0 aliphatic carbocycles. The van der Waals surface area contributed by atoms with Gasteiger partial charge in [0.25, 0.3) is 5.91 Å². The third kappa shape index (κ3) is 4.12. The van der Waals surface area contributed by atoms with E-state index in [-0.39, 0.29) is 17.8 Å². The summed E-state index contributed by atoms with van der Waals surface area (Å²) in [6.07, 6.45) is 0. The van der Waals surface area contributed by atoms with Crippen LogP contribution in [0.1, 0.15) is 24.5 Å². The molecule has 3 rings (SSSR count). The average molecular weight is 355 g/mol. The maximum atomic E-state index is 12.4. The highest BCUT2D eigenvalue weighted by molar-refractivity contribution is 7.13. The molecule has 0 saturated heterocycles. The van der Waals surface area contributed by atoms with E-state index < -0.39 is 0 Å². The fourth-order valence-electron chi connectivity index (χ4n) is 2.47. The minimum Gasteiger partial charge on any atom is -0.348 e. The summed E-state index contributed by atoms with van der Waals surface area (Å²) in [5.74, 6) is 0.583. The zero-order valence-electron chi connectivity index (χ0n) is 14.3. The van der Waals surface area contributed by atoms with Crippen LogP contribution in [0.3, 0.4) is 0 Å². The van der Waals surface area contributed by atoms with E-state index in [0.717, 1.165) is 17.1 Å². The second-order valence-electron chi connectivity index (χ2n) is 5.65. The highest BCUT2D eigenvalue weighted by Crippen LogP contribution is 2.25. The van der Waals surface area contributed by atoms with Crippen LogP contribution in [0, 0.1) is 0 Å². The Morgan fingerprint density at radius 1 is 1.24 bits per heavy atom. The van der Waals surface area contributed by atoms with Crippen molar-refractivity contribution in [2.45, 2.75) is 19.9 Å². The Balaban J connectivity index is 1.87. The summed E-state index contributed by atoms with van der Waals surface area (Å²) in [6, 6.07) is 13.8. The van der Waals surface area contributed by atoms with E-state index in [2.05, 4.69) is 20.7 Å². The number of hydrogen-bond donors (Lipinski definition) is 2. The number of benzene rings is 1. The molecule has 3 aromatic rings. The number of likely N-dealkylation sites (N-methyl/N-ethyl adjacent to an activating group) is 1. The summed E-state index contributed by atoms with van der Waals surface area (Å²) < 4.78 is 1.72. The molecule has 0 aliphatic heterocycles. The molecule has 6 nitrogen and oxygen atoms in total. The minimum absolute atomic E-state index is 0.177. The van der Waals surface area contributed by atoms with E-state index in [4.69, 9.17) is 0 Å². The number of hydrogen-bond acceptors (Lipinski definition) is 5. The Bertz CT molecular complexity index is 813. The second kappa shape index (κ2) is 8.04. The molecule has 1 amide bonds. The molecule has 2 heterocycles. The molecule has 0 saturated carbocycles. The molecular weight excluding hydrogens is 334 g/mol. The molecule has 0 fully saturated rings. The van der Waals surface area contributed by atoms with Crippen molar-refractivity contribution < 1.29 is 4.79 Å². The SMILES string of the molecule is CCN[C@H](C)CNC(=O)c1nc(-c2cccs2)n(-c2ccccc2)n1. The fourth-order valence-corrected chi connectivity index (χ4v) is 3.17. The molecule has 0 aliphatic rings. The average Bonchev–Trinajstić information content (AvgIpc) is 3.30. The molecule has 2 aromatic heterocycles. The molecule has 1 aromatic carbocycles. The molecular formula is C18H21N5OS. The van der Waals surface area contributed by atoms with E-state index >= 15 is 0 Å². The van der Waals surface area contributed by atoms with Crippen LogP contribution in [-0.2, 0) is 0 Å². The third-order valence-corrected chi connectivity index (χ3v) is 4.54. The van der Waals surface area contributed by atoms with Crippen LogP contribution in [0.5, 0.6) is 0 Å². The summed E-state index contributed by atoms with van der Waals surface area (Å²) in [5.41, 5.74) is 0.874. The van der Waals surface area contributed by atoms with Crippen molar-refractivity contribution in [2.24, 2.45) is 0 Å². The van der Waals surface area contributed by atoms with Crippen LogP contribution in [0.4, 0.5) is 0 Å². The van der Waals surface area contributed by atoms with E-state index in [1.165, 1.54) is 0 Å². The van der Waals surface area contributed by atoms with Crippen LogP contribution >= 0.6 is 11.3 Å². The normalized spacial score (nSPS) is 12.1. The van der Waals surface area contributed by atoms with Crippen molar-refractivity contribution in [2.75, 3.05) is 13.1 Å². The molecule has 2 N–H and O–H groups in total. The van der Waals surface area contributed by atoms with Gasteiger partial charge >= 0.3 is 0 Å². The summed E-state index contributed by atoms with van der Waals surface area (Å²) in [6.45, 7) is 5.45. The molecule has 0 spiro atoms. The fraction of sp³-hybridized carbons (Fsp3) is 0.278. The Morgan fingerprint density at radius 2 is 2.04 bits per heavy atom. The highest BCUT2D eigenvalue weighted by Gasteiger charge is 2.19. The van der Waals surface area contributed by atoms with Gasteiger partial charge in [-0.2, -0.15) is 0 Å². The summed E-state index contributed by atoms with van der Waals surface area (Å²) >= 11 is 1.57. The van der Waals surface area contributed by atoms with Crippen LogP contribution in [0.15, 0.2) is 47.8 Å². The van der Waals surface area contributed by atoms with Crippen molar-refractivity contribution in [3.8, 4) is 16.4 Å². The van der Waals surface area contributed by atoms with Crippen molar-refractivity contribution in [1.29, 1.82) is 0 Å². The van der Waals surface area contributed by atoms with Crippen LogP contribution in [0.2, 0.25) is 0 Å². The van der Waals surface area contributed by atoms with E-state index in [1.807, 2.05) is 61.7 Å². The van der Waals surface area contributed by atoms with Crippen LogP contribution in [0.25, 0.3) is 16.4 Å². The van der Waals surface area contributed by atoms with Crippen LogP contribution in [-0.4, -0.2) is 39.8 Å². The largest absolute Gasteiger partial charge is 0.348 e. The molecule has 130 valence electrons. The van der Waals surface area contributed by atoms with E-state index in [9.17, 15) is 4.79 Å². The molecule has 0 radical (unpaired) electrons. The van der Waals surface area contributed by atoms with Crippen molar-refractivity contribution >= 4 is 17.2 Å². The molecule has 7 heteroatoms. The Kier molecular flexibility index (Phi) is 5.57. The minimum atomic E-state index is -0.266. The zero-order chi connectivity index (χ0) is 17.6. The second-order valence-corrected chi connectivity index (χ2v) is 6.60. The number of para-hydroxylation sites is 1. The maximum Gasteiger partial charge on any atom is 0.291 e. The lowest BCUT2D eigenvalue weighted by molar-refractivity contribution is 0.0940. The number of aromatic nitrogens is 3. The highest BCUT2D eigenvalue weighted by atomic mass is 32.1. The topological polar surface area (TPSA) is 71.8 Å². The van der Waals surface area contributed by atoms with Crippen molar-refractivity contribution in [3.05, 3.63) is 53.7 Å². The van der Waals surface area contributed by atoms with Gasteiger partial charge in [0.1, 0.15) is 0 Å². The van der Waals surface area contributed by atoms with Crippen LogP contribution < -0.4 is 10.6 Å². The Morgan fingerprint density at radius 3 is 2.72 bits per heavy atom. The van der Waals surface area contributed by atoms with Gasteiger partial charge in [0.15, 0.2) is 5.82 Å². The van der Waals surface area contributed by atoms with Crippen molar-refractivity contribution in [3.63, 3.8) is 0 Å². The first-order chi connectivity index (χ1) is 12.2. The summed E-state index contributed by atoms with van der Waals surface area (Å²) in [4.78, 5) is 17.9. The summed E-state index contributed by atoms with van der Waals surface area (Å²) in [7, 11) is 0. The van der Waals surface area contributed by atoms with Gasteiger partial charge in [-0.1, -0.05) is 31.2 Å². The smallest absolute Gasteiger partial charge is 0.291 e. The predicted molar refractivity (Wildman–Crippen MR) is 100 cm³/mol. The number of nitrogens with zero attached hydrogens (tertiary/aromatic N) is 3. The van der Waals surface area contributed by atoms with Gasteiger partial charge in [0.05, 0.1) is 10.6 Å². The van der Waals surface area contributed by atoms with Gasteiger partial charge in [-0.25, -0.2) is 9.67 Å². The number of carbonyl (C=O) groups is 1.